The molecule has 0 saturated heterocycles. The first-order valence-corrected chi connectivity index (χ1v) is 8.67. The molecule has 1 unspecified atom stereocenters. The van der Waals surface area contributed by atoms with Gasteiger partial charge in [0.1, 0.15) is 0 Å². The summed E-state index contributed by atoms with van der Waals surface area (Å²) in [4.78, 5) is 26.6. The standard InChI is InChI=1S/C22H22NO4/c1-15-11-20(26-2)21(27-3)12-17(15)13-22(25)23-10-9-18(24)14-19(23)16-7-5-4-6-8-16/h4-12,19H,1,13-14H2,2-3H3. The molecule has 0 N–H and O–H groups in total. The van der Waals surface area contributed by atoms with Crippen LogP contribution >= 0.6 is 0 Å². The van der Waals surface area contributed by atoms with Crippen LogP contribution in [0.4, 0.5) is 0 Å². The molecule has 5 nitrogen and oxygen atoms in total. The van der Waals surface area contributed by atoms with E-state index in [2.05, 4.69) is 6.92 Å². The van der Waals surface area contributed by atoms with E-state index in [9.17, 15) is 9.59 Å². The molecule has 27 heavy (non-hydrogen) atoms. The highest BCUT2D eigenvalue weighted by Crippen LogP contribution is 2.32. The summed E-state index contributed by atoms with van der Waals surface area (Å²) in [5.41, 5.74) is 2.40. The minimum Gasteiger partial charge on any atom is -0.493 e. The number of rotatable bonds is 5. The number of methoxy groups -OCH3 is 2. The molecular weight excluding hydrogens is 342 g/mol. The Hall–Kier alpha value is -3.08. The van der Waals surface area contributed by atoms with E-state index in [0.717, 1.165) is 11.1 Å². The first kappa shape index (κ1) is 18.7. The van der Waals surface area contributed by atoms with Crippen LogP contribution in [0, 0.1) is 6.92 Å². The Balaban J connectivity index is 1.88. The van der Waals surface area contributed by atoms with Crippen LogP contribution in [0.2, 0.25) is 0 Å². The van der Waals surface area contributed by atoms with Crippen LogP contribution in [0.15, 0.2) is 54.7 Å². The van der Waals surface area contributed by atoms with Crippen molar-refractivity contribution in [2.24, 2.45) is 0 Å². The van der Waals surface area contributed by atoms with Crippen LogP contribution in [0.1, 0.15) is 29.2 Å². The van der Waals surface area contributed by atoms with Crippen LogP contribution in [0.5, 0.6) is 11.5 Å². The van der Waals surface area contributed by atoms with Gasteiger partial charge < -0.3 is 14.4 Å². The van der Waals surface area contributed by atoms with Gasteiger partial charge >= 0.3 is 0 Å². The minimum atomic E-state index is -0.301. The van der Waals surface area contributed by atoms with Gasteiger partial charge in [-0.1, -0.05) is 30.3 Å². The summed E-state index contributed by atoms with van der Waals surface area (Å²) in [7, 11) is 3.11. The maximum absolute atomic E-state index is 13.0. The lowest BCUT2D eigenvalue weighted by molar-refractivity contribution is -0.131. The van der Waals surface area contributed by atoms with Crippen LogP contribution < -0.4 is 9.47 Å². The maximum Gasteiger partial charge on any atom is 0.231 e. The molecule has 0 aliphatic carbocycles. The summed E-state index contributed by atoms with van der Waals surface area (Å²) in [6.45, 7) is 4.01. The molecule has 1 atom stereocenters. The molecule has 0 spiro atoms. The molecule has 1 radical (unpaired) electrons. The first-order valence-electron chi connectivity index (χ1n) is 8.67. The van der Waals surface area contributed by atoms with E-state index in [-0.39, 0.29) is 30.6 Å². The maximum atomic E-state index is 13.0. The zero-order valence-electron chi connectivity index (χ0n) is 15.5. The minimum absolute atomic E-state index is 0.0110. The van der Waals surface area contributed by atoms with Crippen LogP contribution in [-0.2, 0) is 16.0 Å². The summed E-state index contributed by atoms with van der Waals surface area (Å²) >= 11 is 0. The predicted octanol–water partition coefficient (Wildman–Crippen LogP) is 3.48. The lowest BCUT2D eigenvalue weighted by Gasteiger charge is -2.31. The molecule has 0 fully saturated rings. The van der Waals surface area contributed by atoms with Gasteiger partial charge in [-0.25, -0.2) is 0 Å². The van der Waals surface area contributed by atoms with Crippen LogP contribution in [-0.4, -0.2) is 30.8 Å². The topological polar surface area (TPSA) is 55.8 Å². The fraction of sp³-hybridized carbons (Fsp3) is 0.227. The molecular formula is C22H22NO4. The van der Waals surface area contributed by atoms with E-state index in [4.69, 9.17) is 9.47 Å². The molecule has 3 rings (SSSR count). The number of carbonyl (C=O) groups excluding carboxylic acids is 2. The van der Waals surface area contributed by atoms with E-state index >= 15 is 0 Å². The van der Waals surface area contributed by atoms with Crippen molar-refractivity contribution >= 4 is 11.7 Å². The quantitative estimate of drug-likeness (QED) is 0.815. The van der Waals surface area contributed by atoms with Crippen molar-refractivity contribution < 1.29 is 19.1 Å². The van der Waals surface area contributed by atoms with Crippen LogP contribution in [0.3, 0.4) is 0 Å². The number of carbonyl (C=O) groups is 2. The third-order valence-corrected chi connectivity index (χ3v) is 4.67. The van der Waals surface area contributed by atoms with E-state index in [1.165, 1.54) is 6.08 Å². The average Bonchev–Trinajstić information content (AvgIpc) is 2.69. The van der Waals surface area contributed by atoms with Gasteiger partial charge in [0.2, 0.25) is 5.91 Å². The largest absolute Gasteiger partial charge is 0.493 e. The third-order valence-electron chi connectivity index (χ3n) is 4.67. The number of nitrogens with zero attached hydrogens (tertiary/aromatic N) is 1. The van der Waals surface area contributed by atoms with Gasteiger partial charge in [0.15, 0.2) is 17.3 Å². The Morgan fingerprint density at radius 1 is 1.15 bits per heavy atom. The normalized spacial score (nSPS) is 16.3. The average molecular weight is 364 g/mol. The van der Waals surface area contributed by atoms with Crippen molar-refractivity contribution in [2.45, 2.75) is 18.9 Å². The monoisotopic (exact) mass is 364 g/mol. The van der Waals surface area contributed by atoms with Crippen molar-refractivity contribution in [1.82, 2.24) is 4.90 Å². The summed E-state index contributed by atoms with van der Waals surface area (Å²) in [5, 5.41) is 0. The molecule has 1 aliphatic rings. The molecule has 0 saturated carbocycles. The second-order valence-corrected chi connectivity index (χ2v) is 6.37. The lowest BCUT2D eigenvalue weighted by atomic mass is 9.96. The highest BCUT2D eigenvalue weighted by Gasteiger charge is 2.28. The highest BCUT2D eigenvalue weighted by atomic mass is 16.5. The van der Waals surface area contributed by atoms with Crippen molar-refractivity contribution in [3.05, 3.63) is 78.4 Å². The number of benzene rings is 2. The van der Waals surface area contributed by atoms with Crippen molar-refractivity contribution in [3.8, 4) is 11.5 Å². The summed E-state index contributed by atoms with van der Waals surface area (Å²) in [5.74, 6) is 1.03. The third kappa shape index (κ3) is 4.03. The van der Waals surface area contributed by atoms with E-state index in [1.807, 2.05) is 30.3 Å². The van der Waals surface area contributed by atoms with Gasteiger partial charge in [-0.2, -0.15) is 0 Å². The van der Waals surface area contributed by atoms with Gasteiger partial charge in [-0.05, 0) is 41.8 Å². The highest BCUT2D eigenvalue weighted by molar-refractivity contribution is 5.93. The summed E-state index contributed by atoms with van der Waals surface area (Å²) < 4.78 is 10.6. The van der Waals surface area contributed by atoms with Gasteiger partial charge in [-0.15, -0.1) is 0 Å². The zero-order valence-corrected chi connectivity index (χ0v) is 15.5. The Morgan fingerprint density at radius 3 is 2.48 bits per heavy atom. The SMILES string of the molecule is [CH2]c1cc(OC)c(OC)cc1CC(=O)N1C=CC(=O)CC1c1ccccc1. The molecule has 2 aromatic carbocycles. The van der Waals surface area contributed by atoms with Gasteiger partial charge in [0, 0.05) is 12.6 Å². The molecule has 1 aliphatic heterocycles. The first-order chi connectivity index (χ1) is 13.0. The van der Waals surface area contributed by atoms with E-state index < -0.39 is 0 Å². The molecule has 0 bridgehead atoms. The number of allylic oxidation sites excluding steroid dienone is 1. The molecule has 0 aromatic heterocycles. The summed E-state index contributed by atoms with van der Waals surface area (Å²) in [6.07, 6.45) is 3.46. The zero-order chi connectivity index (χ0) is 19.4. The smallest absolute Gasteiger partial charge is 0.231 e. The fourth-order valence-electron chi connectivity index (χ4n) is 3.22. The van der Waals surface area contributed by atoms with Crippen molar-refractivity contribution in [3.63, 3.8) is 0 Å². The van der Waals surface area contributed by atoms with E-state index in [0.29, 0.717) is 17.1 Å². The number of ether oxygens (including phenoxy) is 2. The second-order valence-electron chi connectivity index (χ2n) is 6.37. The van der Waals surface area contributed by atoms with Crippen molar-refractivity contribution in [2.75, 3.05) is 14.2 Å². The van der Waals surface area contributed by atoms with Crippen LogP contribution in [0.25, 0.3) is 0 Å². The molecule has 5 heteroatoms. The van der Waals surface area contributed by atoms with Gasteiger partial charge in [0.05, 0.1) is 26.7 Å². The Kier molecular flexibility index (Phi) is 5.60. The Morgan fingerprint density at radius 2 is 1.81 bits per heavy atom. The van der Waals surface area contributed by atoms with Crippen molar-refractivity contribution in [1.29, 1.82) is 0 Å². The molecule has 2 aromatic rings. The second kappa shape index (κ2) is 8.08. The predicted molar refractivity (Wildman–Crippen MR) is 103 cm³/mol. The number of amides is 1. The number of hydrogen-bond acceptors (Lipinski definition) is 4. The summed E-state index contributed by atoms with van der Waals surface area (Å²) in [6, 6.07) is 12.8. The van der Waals surface area contributed by atoms with Gasteiger partial charge in [-0.3, -0.25) is 9.59 Å². The number of ketones is 1. The Labute approximate surface area is 159 Å². The fourth-order valence-corrected chi connectivity index (χ4v) is 3.22. The lowest BCUT2D eigenvalue weighted by Crippen LogP contribution is -2.35. The number of hydrogen-bond donors (Lipinski definition) is 0. The molecule has 1 heterocycles. The van der Waals surface area contributed by atoms with Gasteiger partial charge in [0.25, 0.3) is 0 Å². The Bertz CT molecular complexity index is 873. The molecule has 1 amide bonds. The van der Waals surface area contributed by atoms with E-state index in [1.54, 1.807) is 37.5 Å². The molecule has 139 valence electrons.